The van der Waals surface area contributed by atoms with Gasteiger partial charge in [0.2, 0.25) is 0 Å². The van der Waals surface area contributed by atoms with Gasteiger partial charge in [-0.05, 0) is 12.5 Å². The molecule has 0 spiro atoms. The Morgan fingerprint density at radius 1 is 1.18 bits per heavy atom. The molecule has 1 unspecified atom stereocenters. The summed E-state index contributed by atoms with van der Waals surface area (Å²) in [6.45, 7) is 1.84. The van der Waals surface area contributed by atoms with Crippen LogP contribution in [0.5, 0.6) is 0 Å². The monoisotopic (exact) mass is 250 g/mol. The van der Waals surface area contributed by atoms with Gasteiger partial charge in [-0.1, -0.05) is 29.8 Å². The summed E-state index contributed by atoms with van der Waals surface area (Å²) < 4.78 is 11.4. The molecule has 1 aromatic rings. The minimum atomic E-state index is -4.55. The van der Waals surface area contributed by atoms with Crippen molar-refractivity contribution in [1.29, 1.82) is 10.5 Å². The fourth-order valence-electron chi connectivity index (χ4n) is 1.51. The zero-order valence-corrected chi connectivity index (χ0v) is 10.0. The van der Waals surface area contributed by atoms with E-state index in [0.29, 0.717) is 5.56 Å². The lowest BCUT2D eigenvalue weighted by atomic mass is 10.0. The molecule has 2 N–H and O–H groups in total. The first-order valence-electron chi connectivity index (χ1n) is 4.81. The van der Waals surface area contributed by atoms with Crippen LogP contribution >= 0.6 is 7.60 Å². The SMILES string of the molecule is Cc1ccc(C(C(C#N)C#N)P(=O)(O)O)cc1. The van der Waals surface area contributed by atoms with Crippen molar-refractivity contribution in [3.8, 4) is 12.1 Å². The molecular weight excluding hydrogens is 239 g/mol. The van der Waals surface area contributed by atoms with Crippen LogP contribution in [0.1, 0.15) is 16.8 Å². The van der Waals surface area contributed by atoms with E-state index in [1.54, 1.807) is 24.3 Å². The minimum Gasteiger partial charge on any atom is -0.324 e. The number of nitrogens with zero attached hydrogens (tertiary/aromatic N) is 2. The number of rotatable bonds is 3. The van der Waals surface area contributed by atoms with Crippen molar-refractivity contribution in [3.05, 3.63) is 35.4 Å². The fourth-order valence-corrected chi connectivity index (χ4v) is 2.60. The van der Waals surface area contributed by atoms with Gasteiger partial charge in [0.1, 0.15) is 5.66 Å². The first-order chi connectivity index (χ1) is 7.90. The van der Waals surface area contributed by atoms with Gasteiger partial charge >= 0.3 is 7.60 Å². The zero-order valence-electron chi connectivity index (χ0n) is 9.11. The Balaban J connectivity index is 3.27. The van der Waals surface area contributed by atoms with Crippen LogP contribution in [-0.2, 0) is 4.57 Å². The lowest BCUT2D eigenvalue weighted by Crippen LogP contribution is -2.10. The molecule has 0 aliphatic carbocycles. The third-order valence-electron chi connectivity index (χ3n) is 2.38. The molecule has 0 saturated carbocycles. The van der Waals surface area contributed by atoms with E-state index in [0.717, 1.165) is 5.56 Å². The average Bonchev–Trinajstić information content (AvgIpc) is 2.26. The van der Waals surface area contributed by atoms with Crippen LogP contribution in [0.15, 0.2) is 24.3 Å². The molecule has 0 aromatic heterocycles. The van der Waals surface area contributed by atoms with Crippen LogP contribution < -0.4 is 0 Å². The highest BCUT2D eigenvalue weighted by Gasteiger charge is 2.38. The Morgan fingerprint density at radius 3 is 2.00 bits per heavy atom. The average molecular weight is 250 g/mol. The van der Waals surface area contributed by atoms with Gasteiger partial charge in [-0.3, -0.25) is 4.57 Å². The van der Waals surface area contributed by atoms with E-state index in [2.05, 4.69) is 0 Å². The van der Waals surface area contributed by atoms with Gasteiger partial charge in [-0.2, -0.15) is 10.5 Å². The molecule has 1 atom stereocenters. The Labute approximate surface area is 99.1 Å². The molecule has 0 saturated heterocycles. The summed E-state index contributed by atoms with van der Waals surface area (Å²) in [5.74, 6) is -1.36. The van der Waals surface area contributed by atoms with E-state index in [4.69, 9.17) is 10.5 Å². The smallest absolute Gasteiger partial charge is 0.324 e. The van der Waals surface area contributed by atoms with Crippen molar-refractivity contribution < 1.29 is 14.4 Å². The maximum atomic E-state index is 11.4. The van der Waals surface area contributed by atoms with Crippen molar-refractivity contribution in [2.75, 3.05) is 0 Å². The summed E-state index contributed by atoms with van der Waals surface area (Å²) in [5, 5.41) is 17.5. The zero-order chi connectivity index (χ0) is 13.1. The van der Waals surface area contributed by atoms with Crippen molar-refractivity contribution in [2.24, 2.45) is 5.92 Å². The van der Waals surface area contributed by atoms with E-state index in [1.165, 1.54) is 12.1 Å². The third-order valence-corrected chi connectivity index (χ3v) is 3.70. The molecule has 6 heteroatoms. The van der Waals surface area contributed by atoms with Crippen LogP contribution in [0.25, 0.3) is 0 Å². The van der Waals surface area contributed by atoms with Gasteiger partial charge in [-0.25, -0.2) is 0 Å². The maximum Gasteiger partial charge on any atom is 0.335 e. The van der Waals surface area contributed by atoms with Crippen LogP contribution in [-0.4, -0.2) is 9.79 Å². The number of aryl methyl sites for hydroxylation is 1. The van der Waals surface area contributed by atoms with Crippen molar-refractivity contribution in [1.82, 2.24) is 0 Å². The molecule has 1 rings (SSSR count). The summed E-state index contributed by atoms with van der Waals surface area (Å²) >= 11 is 0. The lowest BCUT2D eigenvalue weighted by Gasteiger charge is -2.19. The summed E-state index contributed by atoms with van der Waals surface area (Å²) in [5.41, 5.74) is -0.154. The van der Waals surface area contributed by atoms with Crippen molar-refractivity contribution in [3.63, 3.8) is 0 Å². The summed E-state index contributed by atoms with van der Waals surface area (Å²) in [4.78, 5) is 18.5. The molecular formula is C11H11N2O3P. The summed E-state index contributed by atoms with van der Waals surface area (Å²) in [7, 11) is -4.55. The Morgan fingerprint density at radius 2 is 1.65 bits per heavy atom. The van der Waals surface area contributed by atoms with Crippen LogP contribution in [0.2, 0.25) is 0 Å². The van der Waals surface area contributed by atoms with E-state index >= 15 is 0 Å². The molecule has 0 radical (unpaired) electrons. The van der Waals surface area contributed by atoms with Gasteiger partial charge in [-0.15, -0.1) is 0 Å². The first-order valence-corrected chi connectivity index (χ1v) is 6.49. The molecule has 0 fully saturated rings. The highest BCUT2D eigenvalue weighted by Crippen LogP contribution is 2.55. The predicted octanol–water partition coefficient (Wildman–Crippen LogP) is 1.88. The molecule has 0 bridgehead atoms. The minimum absolute atomic E-state index is 0.303. The number of benzene rings is 1. The molecule has 88 valence electrons. The Kier molecular flexibility index (Phi) is 4.04. The molecule has 5 nitrogen and oxygen atoms in total. The topological polar surface area (TPSA) is 105 Å². The largest absolute Gasteiger partial charge is 0.335 e. The van der Waals surface area contributed by atoms with Gasteiger partial charge in [0.25, 0.3) is 0 Å². The third kappa shape index (κ3) is 3.15. The fraction of sp³-hybridized carbons (Fsp3) is 0.273. The van der Waals surface area contributed by atoms with E-state index in [1.807, 2.05) is 6.92 Å². The molecule has 0 heterocycles. The second kappa shape index (κ2) is 5.12. The first kappa shape index (κ1) is 13.4. The summed E-state index contributed by atoms with van der Waals surface area (Å²) in [6, 6.07) is 9.66. The Hall–Kier alpha value is -1.65. The van der Waals surface area contributed by atoms with Gasteiger partial charge in [0.05, 0.1) is 12.1 Å². The van der Waals surface area contributed by atoms with Crippen LogP contribution in [0, 0.1) is 35.5 Å². The standard InChI is InChI=1S/C11H11N2O3P/c1-8-2-4-9(5-3-8)11(17(14,15)16)10(6-12)7-13/h2-5,10-11H,1H3,(H2,14,15,16). The molecule has 1 aromatic carbocycles. The van der Waals surface area contributed by atoms with Crippen molar-refractivity contribution >= 4 is 7.60 Å². The maximum absolute atomic E-state index is 11.4. The molecule has 17 heavy (non-hydrogen) atoms. The van der Waals surface area contributed by atoms with Gasteiger partial charge in [0, 0.05) is 0 Å². The highest BCUT2D eigenvalue weighted by atomic mass is 31.2. The van der Waals surface area contributed by atoms with E-state index < -0.39 is 19.2 Å². The Bertz CT molecular complexity index is 507. The van der Waals surface area contributed by atoms with Gasteiger partial charge < -0.3 is 9.79 Å². The second-order valence-electron chi connectivity index (χ2n) is 3.68. The number of hydrogen-bond acceptors (Lipinski definition) is 3. The van der Waals surface area contributed by atoms with Crippen molar-refractivity contribution in [2.45, 2.75) is 12.6 Å². The van der Waals surface area contributed by atoms with E-state index in [9.17, 15) is 14.4 Å². The number of hydrogen-bond donors (Lipinski definition) is 2. The molecule has 0 aliphatic heterocycles. The highest BCUT2D eigenvalue weighted by molar-refractivity contribution is 7.52. The molecule has 0 amide bonds. The number of nitriles is 2. The normalized spacial score (nSPS) is 12.8. The van der Waals surface area contributed by atoms with Gasteiger partial charge in [0.15, 0.2) is 5.92 Å². The quantitative estimate of drug-likeness (QED) is 0.796. The predicted molar refractivity (Wildman–Crippen MR) is 60.7 cm³/mol. The van der Waals surface area contributed by atoms with Crippen LogP contribution in [0.3, 0.4) is 0 Å². The second-order valence-corrected chi connectivity index (χ2v) is 5.42. The summed E-state index contributed by atoms with van der Waals surface area (Å²) in [6.07, 6.45) is 0. The van der Waals surface area contributed by atoms with E-state index in [-0.39, 0.29) is 0 Å². The lowest BCUT2D eigenvalue weighted by molar-refractivity contribution is 0.353. The molecule has 0 aliphatic rings. The van der Waals surface area contributed by atoms with Crippen LogP contribution in [0.4, 0.5) is 0 Å².